The number of fused-ring (bicyclic) bond motifs is 3. The van der Waals surface area contributed by atoms with Gasteiger partial charge in [-0.25, -0.2) is 0 Å². The molecule has 0 saturated heterocycles. The molecule has 1 aromatic carbocycles. The molecule has 1 amide bonds. The number of benzene rings is 1. The van der Waals surface area contributed by atoms with Crippen LogP contribution in [0.15, 0.2) is 24.3 Å². The zero-order valence-electron chi connectivity index (χ0n) is 16.8. The zero-order valence-corrected chi connectivity index (χ0v) is 18.5. The minimum absolute atomic E-state index is 0.0309. The number of carbonyl (C=O) groups is 2. The molecular weight excluding hydrogens is 404 g/mol. The van der Waals surface area contributed by atoms with Crippen LogP contribution in [0.2, 0.25) is 0 Å². The van der Waals surface area contributed by atoms with E-state index < -0.39 is 0 Å². The van der Waals surface area contributed by atoms with E-state index in [2.05, 4.69) is 5.32 Å². The molecule has 4 rings (SSSR count). The fourth-order valence-corrected chi connectivity index (χ4v) is 6.22. The van der Waals surface area contributed by atoms with Crippen LogP contribution in [0.4, 0.5) is 10.7 Å². The van der Waals surface area contributed by atoms with Crippen molar-refractivity contribution in [3.63, 3.8) is 0 Å². The van der Waals surface area contributed by atoms with Crippen molar-refractivity contribution in [3.05, 3.63) is 45.8 Å². The Morgan fingerprint density at radius 2 is 2.00 bits per heavy atom. The van der Waals surface area contributed by atoms with E-state index >= 15 is 0 Å². The van der Waals surface area contributed by atoms with Crippen molar-refractivity contribution < 1.29 is 14.3 Å². The van der Waals surface area contributed by atoms with E-state index in [9.17, 15) is 9.59 Å². The molecule has 154 valence electrons. The average molecular weight is 431 g/mol. The number of esters is 1. The summed E-state index contributed by atoms with van der Waals surface area (Å²) in [5, 5.41) is 4.50. The third-order valence-electron chi connectivity index (χ3n) is 5.32. The molecule has 1 aliphatic carbocycles. The topological polar surface area (TPSA) is 58.6 Å². The first-order chi connectivity index (χ1) is 14.1. The number of thioether (sulfide) groups is 1. The van der Waals surface area contributed by atoms with Crippen LogP contribution in [0.1, 0.15) is 52.5 Å². The fourth-order valence-electron chi connectivity index (χ4n) is 3.90. The van der Waals surface area contributed by atoms with E-state index in [-0.39, 0.29) is 23.1 Å². The van der Waals surface area contributed by atoms with Gasteiger partial charge in [0.1, 0.15) is 5.00 Å². The van der Waals surface area contributed by atoms with Crippen molar-refractivity contribution in [3.8, 4) is 0 Å². The third-order valence-corrected chi connectivity index (χ3v) is 7.59. The zero-order chi connectivity index (χ0) is 20.4. The van der Waals surface area contributed by atoms with E-state index in [0.29, 0.717) is 6.61 Å². The van der Waals surface area contributed by atoms with E-state index in [0.717, 1.165) is 41.1 Å². The van der Waals surface area contributed by atoms with Crippen LogP contribution in [0.5, 0.6) is 0 Å². The number of hydrogen-bond donors (Lipinski definition) is 1. The summed E-state index contributed by atoms with van der Waals surface area (Å²) in [6, 6.07) is 7.98. The van der Waals surface area contributed by atoms with E-state index in [1.54, 1.807) is 23.2 Å². The Balaban J connectivity index is 1.69. The summed E-state index contributed by atoms with van der Waals surface area (Å²) in [6.45, 7) is 4.19. The Hall–Kier alpha value is -1.99. The summed E-state index contributed by atoms with van der Waals surface area (Å²) in [5.74, 6) is -0.0339. The molecule has 2 aromatic rings. The Labute approximate surface area is 179 Å². The van der Waals surface area contributed by atoms with Crippen LogP contribution in [0, 0.1) is 6.92 Å². The number of ether oxygens (including phenoxy) is 1. The minimum Gasteiger partial charge on any atom is -0.465 e. The molecule has 1 N–H and O–H groups in total. The van der Waals surface area contributed by atoms with Crippen LogP contribution in [0.3, 0.4) is 0 Å². The smallest absolute Gasteiger partial charge is 0.316 e. The summed E-state index contributed by atoms with van der Waals surface area (Å²) in [4.78, 5) is 28.8. The van der Waals surface area contributed by atoms with Gasteiger partial charge in [0, 0.05) is 10.6 Å². The number of nitrogens with one attached hydrogen (secondary N) is 1. The second-order valence-electron chi connectivity index (χ2n) is 7.39. The maximum Gasteiger partial charge on any atom is 0.316 e. The molecule has 1 aromatic heterocycles. The second-order valence-corrected chi connectivity index (χ2v) is 9.57. The molecule has 2 heterocycles. The van der Waals surface area contributed by atoms with E-state index in [4.69, 9.17) is 4.74 Å². The molecule has 7 heteroatoms. The van der Waals surface area contributed by atoms with Gasteiger partial charge in [0.15, 0.2) is 5.50 Å². The lowest BCUT2D eigenvalue weighted by Gasteiger charge is -2.36. The predicted molar refractivity (Wildman–Crippen MR) is 120 cm³/mol. The quantitative estimate of drug-likeness (QED) is 0.536. The molecule has 1 aliphatic heterocycles. The van der Waals surface area contributed by atoms with Gasteiger partial charge in [0.2, 0.25) is 0 Å². The molecule has 5 nitrogen and oxygen atoms in total. The summed E-state index contributed by atoms with van der Waals surface area (Å²) >= 11 is 3.11. The molecule has 29 heavy (non-hydrogen) atoms. The van der Waals surface area contributed by atoms with Crippen molar-refractivity contribution in [2.75, 3.05) is 22.6 Å². The molecule has 0 unspecified atom stereocenters. The largest absolute Gasteiger partial charge is 0.465 e. The molecule has 0 fully saturated rings. The minimum atomic E-state index is -0.343. The molecular formula is C22H26N2O3S2. The Kier molecular flexibility index (Phi) is 6.15. The number of aryl methyl sites for hydroxylation is 2. The summed E-state index contributed by atoms with van der Waals surface area (Å²) in [5.41, 5.74) is 3.71. The third kappa shape index (κ3) is 4.16. The second kappa shape index (κ2) is 8.79. The first-order valence-electron chi connectivity index (χ1n) is 10.2. The normalized spacial score (nSPS) is 18.5. The first kappa shape index (κ1) is 20.3. The Bertz CT molecular complexity index is 908. The fraction of sp³-hybridized carbons (Fsp3) is 0.455. The van der Waals surface area contributed by atoms with Crippen molar-refractivity contribution >= 4 is 45.7 Å². The van der Waals surface area contributed by atoms with Gasteiger partial charge < -0.3 is 10.1 Å². The van der Waals surface area contributed by atoms with Gasteiger partial charge in [0.25, 0.3) is 5.91 Å². The van der Waals surface area contributed by atoms with E-state index in [1.165, 1.54) is 35.0 Å². The average Bonchev–Trinajstić information content (AvgIpc) is 2.89. The lowest BCUT2D eigenvalue weighted by atomic mass is 10.0. The van der Waals surface area contributed by atoms with Crippen LogP contribution in [-0.2, 0) is 22.4 Å². The van der Waals surface area contributed by atoms with Crippen molar-refractivity contribution in [1.82, 2.24) is 0 Å². The van der Waals surface area contributed by atoms with Gasteiger partial charge in [-0.15, -0.1) is 23.1 Å². The highest BCUT2D eigenvalue weighted by atomic mass is 32.2. The lowest BCUT2D eigenvalue weighted by Crippen LogP contribution is -2.47. The highest BCUT2D eigenvalue weighted by Gasteiger charge is 2.38. The summed E-state index contributed by atoms with van der Waals surface area (Å²) < 4.78 is 5.08. The highest BCUT2D eigenvalue weighted by Crippen LogP contribution is 2.43. The van der Waals surface area contributed by atoms with Crippen molar-refractivity contribution in [2.45, 2.75) is 51.4 Å². The van der Waals surface area contributed by atoms with Gasteiger partial charge in [0.05, 0.1) is 17.9 Å². The number of thiophene rings is 1. The van der Waals surface area contributed by atoms with Gasteiger partial charge in [-0.2, -0.15) is 0 Å². The number of carbonyl (C=O) groups excluding carboxylic acids is 2. The Morgan fingerprint density at radius 3 is 2.76 bits per heavy atom. The SMILES string of the molecule is CCOC(=O)CS[C@H]1Nc2sc3c(c2C(=O)N1c1ccc(C)cc1)CCCCC3. The molecule has 0 radical (unpaired) electrons. The van der Waals surface area contributed by atoms with Gasteiger partial charge in [-0.3, -0.25) is 14.5 Å². The van der Waals surface area contributed by atoms with Crippen LogP contribution in [0.25, 0.3) is 0 Å². The summed E-state index contributed by atoms with van der Waals surface area (Å²) in [7, 11) is 0. The monoisotopic (exact) mass is 430 g/mol. The number of amides is 1. The lowest BCUT2D eigenvalue weighted by molar-refractivity contribution is -0.139. The molecule has 0 bridgehead atoms. The predicted octanol–water partition coefficient (Wildman–Crippen LogP) is 4.98. The van der Waals surface area contributed by atoms with Gasteiger partial charge in [-0.1, -0.05) is 24.1 Å². The highest BCUT2D eigenvalue weighted by molar-refractivity contribution is 8.00. The Morgan fingerprint density at radius 1 is 1.24 bits per heavy atom. The van der Waals surface area contributed by atoms with Crippen molar-refractivity contribution in [2.24, 2.45) is 0 Å². The maximum atomic E-state index is 13.7. The van der Waals surface area contributed by atoms with Crippen molar-refractivity contribution in [1.29, 1.82) is 0 Å². The number of nitrogens with zero attached hydrogens (tertiary/aromatic N) is 1. The molecule has 0 saturated carbocycles. The number of hydrogen-bond acceptors (Lipinski definition) is 6. The van der Waals surface area contributed by atoms with Gasteiger partial charge >= 0.3 is 5.97 Å². The molecule has 0 spiro atoms. The van der Waals surface area contributed by atoms with Gasteiger partial charge in [-0.05, 0) is 57.2 Å². The maximum absolute atomic E-state index is 13.7. The standard InChI is InChI=1S/C22H26N2O3S2/c1-3-27-18(25)13-28-22-23-20-19(16-7-5-4-6-8-17(16)29-20)21(26)24(22)15-11-9-14(2)10-12-15/h9-12,22-23H,3-8,13H2,1-2H3/t22-/m0/s1. The summed E-state index contributed by atoms with van der Waals surface area (Å²) in [6.07, 6.45) is 5.56. The van der Waals surface area contributed by atoms with Crippen LogP contribution in [-0.4, -0.2) is 29.7 Å². The molecule has 1 atom stereocenters. The molecule has 2 aliphatic rings. The number of rotatable bonds is 5. The van der Waals surface area contributed by atoms with Crippen LogP contribution < -0.4 is 10.2 Å². The van der Waals surface area contributed by atoms with Crippen LogP contribution >= 0.6 is 23.1 Å². The first-order valence-corrected chi connectivity index (χ1v) is 12.0. The number of anilines is 2. The van der Waals surface area contributed by atoms with E-state index in [1.807, 2.05) is 31.2 Å².